The number of carboxylic acids is 1. The van der Waals surface area contributed by atoms with Gasteiger partial charge in [-0.3, -0.25) is 4.79 Å². The molecule has 7 nitrogen and oxygen atoms in total. The molecule has 0 aliphatic rings. The summed E-state index contributed by atoms with van der Waals surface area (Å²) < 4.78 is 0. The van der Waals surface area contributed by atoms with Gasteiger partial charge in [-0.05, 0) is 0 Å². The van der Waals surface area contributed by atoms with E-state index in [1.807, 2.05) is 0 Å². The number of aliphatic carboxylic acids is 1. The van der Waals surface area contributed by atoms with Crippen LogP contribution in [0, 0.1) is 0 Å². The van der Waals surface area contributed by atoms with Crippen LogP contribution in [0.4, 0.5) is 0 Å². The minimum Gasteiger partial charge on any atom is -0.480 e. The van der Waals surface area contributed by atoms with Gasteiger partial charge in [0.1, 0.15) is 0 Å². The molecular formula is C2H16AlNO6Zr. The fourth-order valence-corrected chi connectivity index (χ4v) is 0. The Labute approximate surface area is 93.4 Å². The fourth-order valence-electron chi connectivity index (χ4n) is 0. The Hall–Kier alpha value is 0.686. The second kappa shape index (κ2) is 45.7. The Morgan fingerprint density at radius 1 is 1.18 bits per heavy atom. The summed E-state index contributed by atoms with van der Waals surface area (Å²) in [5.41, 5.74) is 4.57. The molecule has 0 amide bonds. The average molecular weight is 268 g/mol. The number of hydrogen-bond donors (Lipinski definition) is 2. The number of hydrogen-bond acceptors (Lipinski definition) is 2. The number of rotatable bonds is 1. The van der Waals surface area contributed by atoms with E-state index in [0.29, 0.717) is 0 Å². The molecular weight excluding hydrogens is 252 g/mol. The molecule has 0 atom stereocenters. The Morgan fingerprint density at radius 2 is 1.27 bits per heavy atom. The molecule has 0 saturated heterocycles. The van der Waals surface area contributed by atoms with E-state index in [1.54, 1.807) is 0 Å². The van der Waals surface area contributed by atoms with Crippen LogP contribution in [0.25, 0.3) is 0 Å². The van der Waals surface area contributed by atoms with Crippen molar-refractivity contribution in [2.45, 2.75) is 0 Å². The van der Waals surface area contributed by atoms with Gasteiger partial charge in [-0.15, -0.1) is 0 Å². The molecule has 0 unspecified atom stereocenters. The van der Waals surface area contributed by atoms with E-state index < -0.39 is 5.97 Å². The van der Waals surface area contributed by atoms with Crippen molar-refractivity contribution in [3.63, 3.8) is 0 Å². The first-order valence-electron chi connectivity index (χ1n) is 1.19. The zero-order chi connectivity index (χ0) is 4.28. The van der Waals surface area contributed by atoms with Crippen molar-refractivity contribution < 1.29 is 58.0 Å². The maximum Gasteiger partial charge on any atom is 0.317 e. The van der Waals surface area contributed by atoms with E-state index in [-0.39, 0.29) is 72.0 Å². The van der Waals surface area contributed by atoms with Crippen molar-refractivity contribution in [2.24, 2.45) is 5.73 Å². The van der Waals surface area contributed by atoms with Gasteiger partial charge in [0.15, 0.2) is 17.4 Å². The predicted octanol–water partition coefficient (Wildman–Crippen LogP) is -5.46. The minimum absolute atomic E-state index is 0. The third kappa shape index (κ3) is 112. The van der Waals surface area contributed by atoms with Gasteiger partial charge in [0.05, 0.1) is 6.54 Å². The standard InChI is InChI=1S/C2H5NO2.Al.4H2O.Zr.3H/c3-1-2(4)5;;;;;;;;;/h1,3H2,(H,4,5);;4*1H2;;;;. The van der Waals surface area contributed by atoms with Gasteiger partial charge in [0, 0.05) is 26.2 Å². The maximum absolute atomic E-state index is 9.24. The summed E-state index contributed by atoms with van der Waals surface area (Å²) in [4.78, 5) is 9.24. The zero-order valence-electron chi connectivity index (χ0n) is 5.14. The summed E-state index contributed by atoms with van der Waals surface area (Å²) >= 11 is 0. The minimum atomic E-state index is -0.968. The van der Waals surface area contributed by atoms with E-state index in [2.05, 4.69) is 5.73 Å². The molecule has 0 heterocycles. The molecule has 11 heavy (non-hydrogen) atoms. The summed E-state index contributed by atoms with van der Waals surface area (Å²) in [6, 6.07) is 0. The second-order valence-corrected chi connectivity index (χ2v) is 0.598. The Kier molecular flexibility index (Phi) is 252. The zero-order valence-corrected chi connectivity index (χ0v) is 7.60. The molecule has 0 aliphatic heterocycles. The second-order valence-electron chi connectivity index (χ2n) is 0.598. The van der Waals surface area contributed by atoms with E-state index in [9.17, 15) is 4.79 Å². The molecule has 0 rings (SSSR count). The SMILES string of the molecule is NCC(=O)O.O.O.O.O.[AlH3].[Zr]. The Morgan fingerprint density at radius 3 is 1.27 bits per heavy atom. The number of carbonyl (C=O) groups is 1. The molecule has 0 saturated carbocycles. The van der Waals surface area contributed by atoms with Crippen LogP contribution < -0.4 is 5.73 Å². The van der Waals surface area contributed by atoms with Crippen LogP contribution >= 0.6 is 0 Å². The van der Waals surface area contributed by atoms with Gasteiger partial charge in [-0.2, -0.15) is 0 Å². The van der Waals surface area contributed by atoms with Gasteiger partial charge in [-0.1, -0.05) is 0 Å². The summed E-state index contributed by atoms with van der Waals surface area (Å²) in [5, 5.41) is 7.60. The summed E-state index contributed by atoms with van der Waals surface area (Å²) in [5.74, 6) is -0.968. The van der Waals surface area contributed by atoms with Crippen molar-refractivity contribution in [3.05, 3.63) is 0 Å². The average Bonchev–Trinajstić information content (AvgIpc) is 1.38. The summed E-state index contributed by atoms with van der Waals surface area (Å²) in [6.07, 6.45) is 0. The largest absolute Gasteiger partial charge is 0.480 e. The van der Waals surface area contributed by atoms with Gasteiger partial charge < -0.3 is 32.7 Å². The van der Waals surface area contributed by atoms with E-state index in [4.69, 9.17) is 5.11 Å². The molecule has 0 radical (unpaired) electrons. The molecule has 0 aliphatic carbocycles. The van der Waals surface area contributed by atoms with Gasteiger partial charge in [-0.25, -0.2) is 0 Å². The fraction of sp³-hybridized carbons (Fsp3) is 0.500. The van der Waals surface area contributed by atoms with Crippen molar-refractivity contribution in [3.8, 4) is 0 Å². The van der Waals surface area contributed by atoms with E-state index in [0.717, 1.165) is 0 Å². The van der Waals surface area contributed by atoms with Crippen molar-refractivity contribution in [2.75, 3.05) is 6.54 Å². The van der Waals surface area contributed by atoms with Crippen LogP contribution in [0.1, 0.15) is 0 Å². The molecule has 0 aromatic carbocycles. The van der Waals surface area contributed by atoms with Crippen LogP contribution in [-0.4, -0.2) is 56.9 Å². The maximum atomic E-state index is 9.24. The summed E-state index contributed by atoms with van der Waals surface area (Å²) in [6.45, 7) is -0.278. The topological polar surface area (TPSA) is 189 Å². The van der Waals surface area contributed by atoms with Crippen LogP contribution in [-0.2, 0) is 31.0 Å². The monoisotopic (exact) mass is 267 g/mol. The van der Waals surface area contributed by atoms with Crippen molar-refractivity contribution >= 4 is 23.3 Å². The van der Waals surface area contributed by atoms with Crippen LogP contribution in [0.15, 0.2) is 0 Å². The van der Waals surface area contributed by atoms with E-state index >= 15 is 0 Å². The molecule has 0 aromatic rings. The normalized spacial score (nSPS) is 3.36. The molecule has 72 valence electrons. The van der Waals surface area contributed by atoms with Gasteiger partial charge in [0.2, 0.25) is 0 Å². The van der Waals surface area contributed by atoms with Crippen LogP contribution in [0.3, 0.4) is 0 Å². The van der Waals surface area contributed by atoms with Crippen LogP contribution in [0.2, 0.25) is 0 Å². The van der Waals surface area contributed by atoms with Crippen molar-refractivity contribution in [1.29, 1.82) is 0 Å². The predicted molar refractivity (Wildman–Crippen MR) is 41.1 cm³/mol. The van der Waals surface area contributed by atoms with E-state index in [1.165, 1.54) is 0 Å². The first-order chi connectivity index (χ1) is 2.27. The Balaban J connectivity index is -0.00000000533. The summed E-state index contributed by atoms with van der Waals surface area (Å²) in [7, 11) is 0. The first kappa shape index (κ1) is 60.8. The van der Waals surface area contributed by atoms with Crippen LogP contribution in [0.5, 0.6) is 0 Å². The molecule has 0 bridgehead atoms. The van der Waals surface area contributed by atoms with Crippen molar-refractivity contribution in [1.82, 2.24) is 0 Å². The molecule has 0 aromatic heterocycles. The first-order valence-corrected chi connectivity index (χ1v) is 1.19. The molecule has 0 fully saturated rings. The molecule has 11 N–H and O–H groups in total. The number of nitrogens with two attached hydrogens (primary N) is 1. The molecule has 0 spiro atoms. The smallest absolute Gasteiger partial charge is 0.317 e. The quantitative estimate of drug-likeness (QED) is 0.449. The number of carboxylic acid groups (broad SMARTS) is 1. The molecule has 9 heteroatoms. The third-order valence-electron chi connectivity index (χ3n) is 0.175. The van der Waals surface area contributed by atoms with Gasteiger partial charge in [0.25, 0.3) is 0 Å². The third-order valence-corrected chi connectivity index (χ3v) is 0.175. The Bertz CT molecular complexity index is 55.8. The van der Waals surface area contributed by atoms with Gasteiger partial charge >= 0.3 is 5.97 Å².